The molecule has 0 bridgehead atoms. The Morgan fingerprint density at radius 3 is 2.50 bits per heavy atom. The number of carbonyl (C=O) groups excluding carboxylic acids is 1. The van der Waals surface area contributed by atoms with Crippen molar-refractivity contribution in [2.45, 2.75) is 17.9 Å². The number of ketones is 1. The van der Waals surface area contributed by atoms with E-state index >= 15 is 0 Å². The highest BCUT2D eigenvalue weighted by Gasteiger charge is 2.30. The molecule has 86 valence electrons. The van der Waals surface area contributed by atoms with Crippen LogP contribution in [-0.4, -0.2) is 25.3 Å². The van der Waals surface area contributed by atoms with Crippen molar-refractivity contribution < 1.29 is 14.3 Å². The summed E-state index contributed by atoms with van der Waals surface area (Å²) in [6.45, 7) is 1.93. The van der Waals surface area contributed by atoms with Gasteiger partial charge in [0, 0.05) is 11.3 Å². The number of hydrogen-bond acceptors (Lipinski definition) is 4. The molecule has 4 heteroatoms. The van der Waals surface area contributed by atoms with Gasteiger partial charge in [-0.25, -0.2) is 0 Å². The fourth-order valence-electron chi connectivity index (χ4n) is 1.87. The predicted octanol–water partition coefficient (Wildman–Crippen LogP) is 2.52. The summed E-state index contributed by atoms with van der Waals surface area (Å²) in [5.74, 6) is 2.33. The molecule has 0 aromatic heterocycles. The lowest BCUT2D eigenvalue weighted by Crippen LogP contribution is -2.21. The molecule has 0 saturated heterocycles. The van der Waals surface area contributed by atoms with Crippen LogP contribution in [0.25, 0.3) is 0 Å². The zero-order chi connectivity index (χ0) is 11.7. The topological polar surface area (TPSA) is 35.5 Å². The highest BCUT2D eigenvalue weighted by Crippen LogP contribution is 2.40. The van der Waals surface area contributed by atoms with E-state index in [1.165, 1.54) is 0 Å². The number of hydrogen-bond donors (Lipinski definition) is 0. The van der Waals surface area contributed by atoms with Gasteiger partial charge in [0.05, 0.1) is 25.0 Å². The maximum atomic E-state index is 12.1. The summed E-state index contributed by atoms with van der Waals surface area (Å²) >= 11 is 1.63. The highest BCUT2D eigenvalue weighted by atomic mass is 32.2. The van der Waals surface area contributed by atoms with E-state index in [-0.39, 0.29) is 11.0 Å². The summed E-state index contributed by atoms with van der Waals surface area (Å²) in [5, 5.41) is -0.00601. The molecule has 0 saturated carbocycles. The summed E-state index contributed by atoms with van der Waals surface area (Å²) in [7, 11) is 3.21. The molecule has 0 aliphatic carbocycles. The Morgan fingerprint density at radius 2 is 1.88 bits per heavy atom. The van der Waals surface area contributed by atoms with Crippen LogP contribution in [0.1, 0.15) is 22.8 Å². The summed E-state index contributed by atoms with van der Waals surface area (Å²) in [5.41, 5.74) is 1.64. The summed E-state index contributed by atoms with van der Waals surface area (Å²) in [4.78, 5) is 12.1. The summed E-state index contributed by atoms with van der Waals surface area (Å²) < 4.78 is 10.5. The third-order valence-electron chi connectivity index (χ3n) is 2.76. The molecule has 1 atom stereocenters. The molecule has 0 amide bonds. The number of benzene rings is 1. The average Bonchev–Trinajstić information content (AvgIpc) is 2.32. The fourth-order valence-corrected chi connectivity index (χ4v) is 2.84. The van der Waals surface area contributed by atoms with E-state index < -0.39 is 0 Å². The van der Waals surface area contributed by atoms with Crippen molar-refractivity contribution in [3.05, 3.63) is 23.3 Å². The maximum Gasteiger partial charge on any atom is 0.179 e. The Morgan fingerprint density at radius 1 is 1.25 bits per heavy atom. The number of ether oxygens (including phenoxy) is 2. The molecule has 1 aliphatic heterocycles. The minimum absolute atomic E-state index is 0.00601. The second kappa shape index (κ2) is 4.37. The number of fused-ring (bicyclic) bond motifs is 1. The third kappa shape index (κ3) is 1.67. The van der Waals surface area contributed by atoms with Crippen LogP contribution in [-0.2, 0) is 5.75 Å². The SMILES string of the molecule is COc1ccc(OC)c2c1CSC(C)C2=O. The Labute approximate surface area is 99.1 Å². The first-order valence-corrected chi connectivity index (χ1v) is 6.13. The van der Waals surface area contributed by atoms with Crippen molar-refractivity contribution in [3.63, 3.8) is 0 Å². The Kier molecular flexibility index (Phi) is 3.10. The molecular formula is C12H14O3S. The molecular weight excluding hydrogens is 224 g/mol. The Balaban J connectivity index is 2.61. The predicted molar refractivity (Wildman–Crippen MR) is 64.6 cm³/mol. The molecule has 16 heavy (non-hydrogen) atoms. The van der Waals surface area contributed by atoms with Gasteiger partial charge < -0.3 is 9.47 Å². The van der Waals surface area contributed by atoms with Gasteiger partial charge in [-0.1, -0.05) is 0 Å². The number of carbonyl (C=O) groups is 1. The monoisotopic (exact) mass is 238 g/mol. The first-order valence-electron chi connectivity index (χ1n) is 5.08. The third-order valence-corrected chi connectivity index (χ3v) is 3.93. The van der Waals surface area contributed by atoms with Crippen molar-refractivity contribution in [2.24, 2.45) is 0 Å². The second-order valence-corrected chi connectivity index (χ2v) is 4.97. The summed E-state index contributed by atoms with van der Waals surface area (Å²) in [6, 6.07) is 3.64. The van der Waals surface area contributed by atoms with Crippen LogP contribution in [0.5, 0.6) is 11.5 Å². The molecule has 0 radical (unpaired) electrons. The molecule has 1 aromatic carbocycles. The van der Waals surface area contributed by atoms with Crippen molar-refractivity contribution in [1.82, 2.24) is 0 Å². The number of thioether (sulfide) groups is 1. The zero-order valence-corrected chi connectivity index (χ0v) is 10.4. The van der Waals surface area contributed by atoms with Gasteiger partial charge in [-0.3, -0.25) is 4.79 Å². The van der Waals surface area contributed by atoms with Crippen LogP contribution in [0, 0.1) is 0 Å². The van der Waals surface area contributed by atoms with Gasteiger partial charge in [-0.15, -0.1) is 11.8 Å². The first kappa shape index (κ1) is 11.3. The fraction of sp³-hybridized carbons (Fsp3) is 0.417. The van der Waals surface area contributed by atoms with Gasteiger partial charge in [-0.05, 0) is 19.1 Å². The number of methoxy groups -OCH3 is 2. The van der Waals surface area contributed by atoms with Crippen molar-refractivity contribution >= 4 is 17.5 Å². The Hall–Kier alpha value is -1.16. The molecule has 1 unspecified atom stereocenters. The molecule has 2 rings (SSSR count). The van der Waals surface area contributed by atoms with Gasteiger partial charge in [-0.2, -0.15) is 0 Å². The minimum Gasteiger partial charge on any atom is -0.496 e. The molecule has 1 aromatic rings. The van der Waals surface area contributed by atoms with Crippen molar-refractivity contribution in [2.75, 3.05) is 14.2 Å². The standard InChI is InChI=1S/C12H14O3S/c1-7-12(13)11-8(6-16-7)9(14-2)4-5-10(11)15-3/h4-5,7H,6H2,1-3H3. The lowest BCUT2D eigenvalue weighted by Gasteiger charge is -2.23. The Bertz CT molecular complexity index is 429. The van der Waals surface area contributed by atoms with Crippen LogP contribution < -0.4 is 9.47 Å². The van der Waals surface area contributed by atoms with Crippen molar-refractivity contribution in [1.29, 1.82) is 0 Å². The normalized spacial score (nSPS) is 19.2. The average molecular weight is 238 g/mol. The number of rotatable bonds is 2. The second-order valence-electron chi connectivity index (χ2n) is 3.64. The van der Waals surface area contributed by atoms with E-state index in [1.54, 1.807) is 32.0 Å². The lowest BCUT2D eigenvalue weighted by molar-refractivity contribution is 0.0988. The van der Waals surface area contributed by atoms with E-state index in [4.69, 9.17) is 9.47 Å². The molecule has 0 spiro atoms. The molecule has 1 heterocycles. The zero-order valence-electron chi connectivity index (χ0n) is 9.57. The van der Waals surface area contributed by atoms with Crippen LogP contribution in [0.3, 0.4) is 0 Å². The number of Topliss-reactive ketones (excluding diaryl/α,β-unsaturated/α-hetero) is 1. The summed E-state index contributed by atoms with van der Waals surface area (Å²) in [6.07, 6.45) is 0. The van der Waals surface area contributed by atoms with E-state index in [0.717, 1.165) is 17.1 Å². The van der Waals surface area contributed by atoms with Gasteiger partial charge in [0.2, 0.25) is 0 Å². The van der Waals surface area contributed by atoms with Crippen LogP contribution in [0.4, 0.5) is 0 Å². The molecule has 0 N–H and O–H groups in total. The molecule has 3 nitrogen and oxygen atoms in total. The van der Waals surface area contributed by atoms with Gasteiger partial charge in [0.1, 0.15) is 11.5 Å². The van der Waals surface area contributed by atoms with Gasteiger partial charge in [0.15, 0.2) is 5.78 Å². The molecule has 0 fully saturated rings. The smallest absolute Gasteiger partial charge is 0.179 e. The van der Waals surface area contributed by atoms with Gasteiger partial charge >= 0.3 is 0 Å². The van der Waals surface area contributed by atoms with E-state index in [9.17, 15) is 4.79 Å². The largest absolute Gasteiger partial charge is 0.496 e. The highest BCUT2D eigenvalue weighted by molar-refractivity contribution is 8.00. The van der Waals surface area contributed by atoms with Crippen LogP contribution >= 0.6 is 11.8 Å². The lowest BCUT2D eigenvalue weighted by atomic mass is 10.00. The first-order chi connectivity index (χ1) is 7.69. The van der Waals surface area contributed by atoms with Crippen LogP contribution in [0.2, 0.25) is 0 Å². The maximum absolute atomic E-state index is 12.1. The van der Waals surface area contributed by atoms with Gasteiger partial charge in [0.25, 0.3) is 0 Å². The molecule has 1 aliphatic rings. The van der Waals surface area contributed by atoms with E-state index in [0.29, 0.717) is 11.3 Å². The van der Waals surface area contributed by atoms with Crippen LogP contribution in [0.15, 0.2) is 12.1 Å². The van der Waals surface area contributed by atoms with E-state index in [2.05, 4.69) is 0 Å². The quantitative estimate of drug-likeness (QED) is 0.793. The minimum atomic E-state index is -0.00601. The van der Waals surface area contributed by atoms with Crippen molar-refractivity contribution in [3.8, 4) is 11.5 Å². The van der Waals surface area contributed by atoms with E-state index in [1.807, 2.05) is 13.0 Å².